The number of nitrogens with one attached hydrogen (secondary N) is 1. The van der Waals surface area contributed by atoms with Gasteiger partial charge < -0.3 is 10.4 Å². The van der Waals surface area contributed by atoms with Crippen LogP contribution in [0.25, 0.3) is 6.08 Å². The van der Waals surface area contributed by atoms with E-state index in [4.69, 9.17) is 5.11 Å². The quantitative estimate of drug-likeness (QED) is 0.840. The molecule has 0 saturated heterocycles. The van der Waals surface area contributed by atoms with Crippen LogP contribution < -0.4 is 5.32 Å². The highest BCUT2D eigenvalue weighted by Crippen LogP contribution is 2.11. The fraction of sp³-hybridized carbons (Fsp3) is 0.0625. The molecule has 0 spiro atoms. The summed E-state index contributed by atoms with van der Waals surface area (Å²) in [6.45, 7) is -0.0743. The van der Waals surface area contributed by atoms with Crippen molar-refractivity contribution in [3.05, 3.63) is 71.6 Å². The Bertz CT molecular complexity index is 621. The Balaban J connectivity index is 1.99. The molecule has 0 aliphatic heterocycles. The van der Waals surface area contributed by atoms with Crippen molar-refractivity contribution < 1.29 is 14.3 Å². The summed E-state index contributed by atoms with van der Waals surface area (Å²) in [6, 6.07) is 12.8. The molecule has 0 atom stereocenters. The molecule has 1 amide bonds. The van der Waals surface area contributed by atoms with E-state index in [1.807, 2.05) is 0 Å². The predicted octanol–water partition coefficient (Wildman–Crippen LogP) is 2.97. The lowest BCUT2D eigenvalue weighted by atomic mass is 10.2. The lowest BCUT2D eigenvalue weighted by molar-refractivity contribution is -0.111. The molecule has 0 aliphatic rings. The molecular formula is C16H14FNO2. The van der Waals surface area contributed by atoms with Crippen LogP contribution in [0.2, 0.25) is 0 Å². The maximum Gasteiger partial charge on any atom is 0.248 e. The zero-order valence-electron chi connectivity index (χ0n) is 10.7. The second-order valence-electron chi connectivity index (χ2n) is 4.23. The van der Waals surface area contributed by atoms with Gasteiger partial charge in [0.1, 0.15) is 5.82 Å². The Morgan fingerprint density at radius 2 is 1.95 bits per heavy atom. The molecule has 0 fully saturated rings. The van der Waals surface area contributed by atoms with Gasteiger partial charge in [0.25, 0.3) is 0 Å². The van der Waals surface area contributed by atoms with Crippen molar-refractivity contribution in [3.63, 3.8) is 0 Å². The number of aliphatic hydroxyl groups excluding tert-OH is 1. The van der Waals surface area contributed by atoms with E-state index in [1.165, 1.54) is 18.2 Å². The first-order valence-electron chi connectivity index (χ1n) is 6.12. The van der Waals surface area contributed by atoms with E-state index in [2.05, 4.69) is 5.32 Å². The van der Waals surface area contributed by atoms with E-state index >= 15 is 0 Å². The average Bonchev–Trinajstić information content (AvgIpc) is 2.47. The number of aliphatic hydroxyl groups is 1. The molecule has 2 N–H and O–H groups in total. The summed E-state index contributed by atoms with van der Waals surface area (Å²) in [7, 11) is 0. The summed E-state index contributed by atoms with van der Waals surface area (Å²) in [5, 5.41) is 11.7. The maximum atomic E-state index is 12.7. The zero-order valence-corrected chi connectivity index (χ0v) is 10.7. The van der Waals surface area contributed by atoms with Crippen LogP contribution >= 0.6 is 0 Å². The van der Waals surface area contributed by atoms with Gasteiger partial charge >= 0.3 is 0 Å². The van der Waals surface area contributed by atoms with Gasteiger partial charge in [-0.05, 0) is 41.5 Å². The molecule has 0 aliphatic carbocycles. The van der Waals surface area contributed by atoms with Crippen LogP contribution in [0.1, 0.15) is 11.1 Å². The fourth-order valence-electron chi connectivity index (χ4n) is 1.68. The zero-order chi connectivity index (χ0) is 14.4. The summed E-state index contributed by atoms with van der Waals surface area (Å²) in [5.74, 6) is -0.600. The molecule has 0 heterocycles. The Morgan fingerprint density at radius 1 is 1.20 bits per heavy atom. The Morgan fingerprint density at radius 3 is 2.65 bits per heavy atom. The first-order valence-corrected chi connectivity index (χ1v) is 6.12. The molecule has 0 unspecified atom stereocenters. The van der Waals surface area contributed by atoms with Crippen LogP contribution in [0.3, 0.4) is 0 Å². The summed E-state index contributed by atoms with van der Waals surface area (Å²) in [4.78, 5) is 11.7. The van der Waals surface area contributed by atoms with Gasteiger partial charge in [0.05, 0.1) is 6.61 Å². The van der Waals surface area contributed by atoms with E-state index < -0.39 is 0 Å². The second-order valence-corrected chi connectivity index (χ2v) is 4.23. The third-order valence-corrected chi connectivity index (χ3v) is 2.67. The van der Waals surface area contributed by atoms with Gasteiger partial charge in [-0.1, -0.05) is 24.3 Å². The number of rotatable bonds is 4. The maximum absolute atomic E-state index is 12.7. The van der Waals surface area contributed by atoms with Crippen molar-refractivity contribution in [2.24, 2.45) is 0 Å². The lowest BCUT2D eigenvalue weighted by Gasteiger charge is -2.03. The SMILES string of the molecule is O=C(/C=C/c1ccc(F)cc1)Nc1cccc(CO)c1. The molecule has 4 heteroatoms. The highest BCUT2D eigenvalue weighted by Gasteiger charge is 1.99. The number of benzene rings is 2. The largest absolute Gasteiger partial charge is 0.392 e. The third kappa shape index (κ3) is 4.03. The van der Waals surface area contributed by atoms with Crippen LogP contribution in [-0.2, 0) is 11.4 Å². The number of carbonyl (C=O) groups is 1. The van der Waals surface area contributed by atoms with Crippen molar-refractivity contribution in [3.8, 4) is 0 Å². The van der Waals surface area contributed by atoms with Gasteiger partial charge in [-0.15, -0.1) is 0 Å². The van der Waals surface area contributed by atoms with Crippen LogP contribution in [0.15, 0.2) is 54.6 Å². The van der Waals surface area contributed by atoms with Crippen molar-refractivity contribution >= 4 is 17.7 Å². The van der Waals surface area contributed by atoms with Crippen LogP contribution in [-0.4, -0.2) is 11.0 Å². The van der Waals surface area contributed by atoms with Crippen LogP contribution in [0.5, 0.6) is 0 Å². The summed E-state index contributed by atoms with van der Waals surface area (Å²) < 4.78 is 12.7. The number of hydrogen-bond donors (Lipinski definition) is 2. The summed E-state index contributed by atoms with van der Waals surface area (Å²) >= 11 is 0. The summed E-state index contributed by atoms with van der Waals surface area (Å²) in [5.41, 5.74) is 2.08. The van der Waals surface area contributed by atoms with Gasteiger partial charge in [-0.3, -0.25) is 4.79 Å². The highest BCUT2D eigenvalue weighted by molar-refractivity contribution is 6.01. The smallest absolute Gasteiger partial charge is 0.248 e. The first-order chi connectivity index (χ1) is 9.67. The Hall–Kier alpha value is -2.46. The van der Waals surface area contributed by atoms with Crippen molar-refractivity contribution in [1.82, 2.24) is 0 Å². The average molecular weight is 271 g/mol. The van der Waals surface area contributed by atoms with Gasteiger partial charge in [0.15, 0.2) is 0 Å². The second kappa shape index (κ2) is 6.63. The summed E-state index contributed by atoms with van der Waals surface area (Å²) in [6.07, 6.45) is 2.98. The molecule has 102 valence electrons. The van der Waals surface area contributed by atoms with Crippen molar-refractivity contribution in [1.29, 1.82) is 0 Å². The number of halogens is 1. The Kier molecular flexibility index (Phi) is 4.63. The lowest BCUT2D eigenvalue weighted by Crippen LogP contribution is -2.07. The van der Waals surface area contributed by atoms with Gasteiger partial charge in [-0.2, -0.15) is 0 Å². The molecule has 20 heavy (non-hydrogen) atoms. The highest BCUT2D eigenvalue weighted by atomic mass is 19.1. The van der Waals surface area contributed by atoms with E-state index in [1.54, 1.807) is 42.5 Å². The topological polar surface area (TPSA) is 49.3 Å². The van der Waals surface area contributed by atoms with Crippen LogP contribution in [0.4, 0.5) is 10.1 Å². The number of anilines is 1. The van der Waals surface area contributed by atoms with Gasteiger partial charge in [0, 0.05) is 11.8 Å². The van der Waals surface area contributed by atoms with E-state index in [-0.39, 0.29) is 18.3 Å². The predicted molar refractivity (Wildman–Crippen MR) is 76.4 cm³/mol. The van der Waals surface area contributed by atoms with E-state index in [9.17, 15) is 9.18 Å². The third-order valence-electron chi connectivity index (χ3n) is 2.67. The minimum atomic E-state index is -0.313. The van der Waals surface area contributed by atoms with Gasteiger partial charge in [0.2, 0.25) is 5.91 Å². The monoisotopic (exact) mass is 271 g/mol. The molecule has 0 radical (unpaired) electrons. The molecule has 2 rings (SSSR count). The minimum Gasteiger partial charge on any atom is -0.392 e. The molecule has 0 saturated carbocycles. The molecule has 0 aromatic heterocycles. The van der Waals surface area contributed by atoms with Crippen molar-refractivity contribution in [2.45, 2.75) is 6.61 Å². The Labute approximate surface area is 116 Å². The number of amides is 1. The first kappa shape index (κ1) is 14.0. The normalized spacial score (nSPS) is 10.7. The van der Waals surface area contributed by atoms with Crippen molar-refractivity contribution in [2.75, 3.05) is 5.32 Å². The number of carbonyl (C=O) groups excluding carboxylic acids is 1. The van der Waals surface area contributed by atoms with Gasteiger partial charge in [-0.25, -0.2) is 4.39 Å². The molecule has 3 nitrogen and oxygen atoms in total. The standard InChI is InChI=1S/C16H14FNO2/c17-14-7-4-12(5-8-14)6-9-16(20)18-15-3-1-2-13(10-15)11-19/h1-10,19H,11H2,(H,18,20)/b9-6+. The number of hydrogen-bond acceptors (Lipinski definition) is 2. The van der Waals surface area contributed by atoms with E-state index in [0.717, 1.165) is 11.1 Å². The minimum absolute atomic E-state index is 0.0743. The fourth-order valence-corrected chi connectivity index (χ4v) is 1.68. The molecule has 2 aromatic carbocycles. The molecule has 0 bridgehead atoms. The van der Waals surface area contributed by atoms with Crippen LogP contribution in [0, 0.1) is 5.82 Å². The van der Waals surface area contributed by atoms with E-state index in [0.29, 0.717) is 5.69 Å². The molecule has 2 aromatic rings. The molecular weight excluding hydrogens is 257 g/mol.